The number of unbranched alkanes of at least 4 members (excludes halogenated alkanes) is 3. The van der Waals surface area contributed by atoms with Crippen molar-refractivity contribution in [2.75, 3.05) is 13.2 Å². The highest BCUT2D eigenvalue weighted by atomic mass is 19.1. The first kappa shape index (κ1) is 15.5. The lowest BCUT2D eigenvalue weighted by atomic mass is 10.2. The number of hydrogen-bond donors (Lipinski definition) is 1. The number of ether oxygens (including phenoxy) is 1. The predicted octanol–water partition coefficient (Wildman–Crippen LogP) is 3.52. The van der Waals surface area contributed by atoms with Gasteiger partial charge in [-0.3, -0.25) is 0 Å². The summed E-state index contributed by atoms with van der Waals surface area (Å²) in [5, 5.41) is 8.68. The van der Waals surface area contributed by atoms with Gasteiger partial charge < -0.3 is 9.84 Å². The van der Waals surface area contributed by atoms with Crippen LogP contribution in [0.25, 0.3) is 0 Å². The molecule has 0 aliphatic carbocycles. The number of rotatable bonds is 7. The Hall–Kier alpha value is -1.53. The molecule has 0 fully saturated rings. The molecule has 104 valence electrons. The highest BCUT2D eigenvalue weighted by Crippen LogP contribution is 2.19. The molecule has 0 atom stereocenters. The van der Waals surface area contributed by atoms with E-state index < -0.39 is 0 Å². The summed E-state index contributed by atoms with van der Waals surface area (Å²) in [6.07, 6.45) is 4.91. The molecule has 0 amide bonds. The van der Waals surface area contributed by atoms with Crippen molar-refractivity contribution >= 4 is 0 Å². The van der Waals surface area contributed by atoms with E-state index in [0.717, 1.165) is 12.8 Å². The van der Waals surface area contributed by atoms with E-state index in [-0.39, 0.29) is 12.4 Å². The van der Waals surface area contributed by atoms with Crippen LogP contribution in [-0.4, -0.2) is 18.3 Å². The third-order valence-electron chi connectivity index (χ3n) is 2.66. The smallest absolute Gasteiger partial charge is 0.135 e. The summed E-state index contributed by atoms with van der Waals surface area (Å²) in [7, 11) is 0. The average Bonchev–Trinajstić information content (AvgIpc) is 2.41. The largest absolute Gasteiger partial charge is 0.492 e. The second-order valence-corrected chi connectivity index (χ2v) is 4.32. The molecule has 1 aromatic carbocycles. The summed E-state index contributed by atoms with van der Waals surface area (Å²) in [5.74, 6) is 5.90. The third-order valence-corrected chi connectivity index (χ3v) is 2.66. The van der Waals surface area contributed by atoms with Crippen molar-refractivity contribution in [2.45, 2.75) is 39.0 Å². The second kappa shape index (κ2) is 9.41. The number of halogens is 1. The van der Waals surface area contributed by atoms with Gasteiger partial charge in [0.25, 0.3) is 0 Å². The summed E-state index contributed by atoms with van der Waals surface area (Å²) >= 11 is 0. The quantitative estimate of drug-likeness (QED) is 0.603. The van der Waals surface area contributed by atoms with E-state index in [4.69, 9.17) is 9.84 Å². The molecule has 0 saturated heterocycles. The minimum absolute atomic E-state index is 0.00945. The van der Waals surface area contributed by atoms with Crippen LogP contribution in [0, 0.1) is 17.7 Å². The van der Waals surface area contributed by atoms with E-state index in [1.165, 1.54) is 25.0 Å². The third kappa shape index (κ3) is 6.26. The molecule has 1 aromatic rings. The van der Waals surface area contributed by atoms with E-state index in [0.29, 0.717) is 24.3 Å². The Morgan fingerprint density at radius 2 is 2.11 bits per heavy atom. The molecule has 0 aromatic heterocycles. The van der Waals surface area contributed by atoms with Gasteiger partial charge in [0.1, 0.15) is 11.6 Å². The van der Waals surface area contributed by atoms with Crippen LogP contribution in [0.2, 0.25) is 0 Å². The monoisotopic (exact) mass is 264 g/mol. The lowest BCUT2D eigenvalue weighted by Crippen LogP contribution is -1.99. The Bertz CT molecular complexity index is 432. The number of aliphatic hydroxyl groups is 1. The van der Waals surface area contributed by atoms with Crippen LogP contribution in [0.15, 0.2) is 18.2 Å². The molecule has 0 bridgehead atoms. The zero-order valence-electron chi connectivity index (χ0n) is 11.4. The Labute approximate surface area is 114 Å². The van der Waals surface area contributed by atoms with Crippen molar-refractivity contribution in [3.8, 4) is 17.6 Å². The van der Waals surface area contributed by atoms with Crippen molar-refractivity contribution in [1.82, 2.24) is 0 Å². The van der Waals surface area contributed by atoms with Crippen molar-refractivity contribution in [2.24, 2.45) is 0 Å². The van der Waals surface area contributed by atoms with Crippen LogP contribution in [0.1, 0.15) is 44.6 Å². The van der Waals surface area contributed by atoms with Crippen molar-refractivity contribution in [1.29, 1.82) is 0 Å². The van der Waals surface area contributed by atoms with Gasteiger partial charge in [-0.25, -0.2) is 4.39 Å². The molecular weight excluding hydrogens is 243 g/mol. The minimum Gasteiger partial charge on any atom is -0.492 e. The molecule has 1 rings (SSSR count). The maximum absolute atomic E-state index is 13.2. The van der Waals surface area contributed by atoms with E-state index in [1.54, 1.807) is 6.07 Å². The highest BCUT2D eigenvalue weighted by molar-refractivity contribution is 5.46. The Morgan fingerprint density at radius 1 is 1.26 bits per heavy atom. The lowest BCUT2D eigenvalue weighted by Gasteiger charge is -2.08. The molecule has 3 heteroatoms. The first-order valence-electron chi connectivity index (χ1n) is 6.80. The molecule has 0 spiro atoms. The van der Waals surface area contributed by atoms with Gasteiger partial charge in [0.2, 0.25) is 0 Å². The molecule has 2 nitrogen and oxygen atoms in total. The number of benzene rings is 1. The van der Waals surface area contributed by atoms with Gasteiger partial charge in [-0.15, -0.1) is 0 Å². The zero-order valence-corrected chi connectivity index (χ0v) is 11.4. The summed E-state index contributed by atoms with van der Waals surface area (Å²) in [5.41, 5.74) is 0.545. The Kier molecular flexibility index (Phi) is 7.69. The molecule has 0 aliphatic rings. The van der Waals surface area contributed by atoms with Gasteiger partial charge >= 0.3 is 0 Å². The van der Waals surface area contributed by atoms with Crippen LogP contribution in [-0.2, 0) is 0 Å². The summed E-state index contributed by atoms with van der Waals surface area (Å²) in [6.45, 7) is 2.80. The fourth-order valence-electron chi connectivity index (χ4n) is 1.65. The summed E-state index contributed by atoms with van der Waals surface area (Å²) in [6, 6.07) is 4.35. The fourth-order valence-corrected chi connectivity index (χ4v) is 1.65. The summed E-state index contributed by atoms with van der Waals surface area (Å²) in [4.78, 5) is 0. The molecule has 0 heterocycles. The predicted molar refractivity (Wildman–Crippen MR) is 74.6 cm³/mol. The van der Waals surface area contributed by atoms with Gasteiger partial charge in [-0.2, -0.15) is 0 Å². The molecule has 0 unspecified atom stereocenters. The zero-order chi connectivity index (χ0) is 13.9. The average molecular weight is 264 g/mol. The standard InChI is InChI=1S/C16H21FO2/c1-2-3-4-7-12-19-16-10-9-15(17)13-14(16)8-5-6-11-18/h9-10,13,18H,2-4,6-7,11-12H2,1H3. The van der Waals surface area contributed by atoms with Crippen molar-refractivity contribution < 1.29 is 14.2 Å². The van der Waals surface area contributed by atoms with Crippen LogP contribution in [0.5, 0.6) is 5.75 Å². The number of aliphatic hydroxyl groups excluding tert-OH is 1. The molecule has 0 radical (unpaired) electrons. The van der Waals surface area contributed by atoms with E-state index >= 15 is 0 Å². The molecule has 19 heavy (non-hydrogen) atoms. The Morgan fingerprint density at radius 3 is 2.84 bits per heavy atom. The highest BCUT2D eigenvalue weighted by Gasteiger charge is 2.03. The van der Waals surface area contributed by atoms with Gasteiger partial charge in [-0.1, -0.05) is 38.0 Å². The molecule has 1 N–H and O–H groups in total. The Balaban J connectivity index is 2.59. The normalized spacial score (nSPS) is 9.84. The van der Waals surface area contributed by atoms with Crippen LogP contribution < -0.4 is 4.74 Å². The minimum atomic E-state index is -0.327. The lowest BCUT2D eigenvalue weighted by molar-refractivity contribution is 0.303. The number of hydrogen-bond acceptors (Lipinski definition) is 2. The van der Waals surface area contributed by atoms with Gasteiger partial charge in [0, 0.05) is 6.42 Å². The maximum Gasteiger partial charge on any atom is 0.135 e. The maximum atomic E-state index is 13.2. The summed E-state index contributed by atoms with van der Waals surface area (Å²) < 4.78 is 18.8. The van der Waals surface area contributed by atoms with Crippen LogP contribution in [0.4, 0.5) is 4.39 Å². The fraction of sp³-hybridized carbons (Fsp3) is 0.500. The first-order valence-corrected chi connectivity index (χ1v) is 6.80. The second-order valence-electron chi connectivity index (χ2n) is 4.32. The topological polar surface area (TPSA) is 29.5 Å². The van der Waals surface area contributed by atoms with Crippen LogP contribution in [0.3, 0.4) is 0 Å². The van der Waals surface area contributed by atoms with Crippen LogP contribution >= 0.6 is 0 Å². The van der Waals surface area contributed by atoms with Gasteiger partial charge in [0.05, 0.1) is 18.8 Å². The molecule has 0 saturated carbocycles. The SMILES string of the molecule is CCCCCCOc1ccc(F)cc1C#CCCO. The first-order chi connectivity index (χ1) is 9.27. The van der Waals surface area contributed by atoms with Crippen molar-refractivity contribution in [3.05, 3.63) is 29.6 Å². The van der Waals surface area contributed by atoms with Crippen molar-refractivity contribution in [3.63, 3.8) is 0 Å². The van der Waals surface area contributed by atoms with E-state index in [2.05, 4.69) is 18.8 Å². The molecular formula is C16H21FO2. The van der Waals surface area contributed by atoms with E-state index in [1.807, 2.05) is 0 Å². The van der Waals surface area contributed by atoms with Gasteiger partial charge in [0.15, 0.2) is 0 Å². The van der Waals surface area contributed by atoms with Gasteiger partial charge in [-0.05, 0) is 24.6 Å². The van der Waals surface area contributed by atoms with E-state index in [9.17, 15) is 4.39 Å². The molecule has 0 aliphatic heterocycles.